The van der Waals surface area contributed by atoms with E-state index in [1.165, 1.54) is 16.9 Å². The van der Waals surface area contributed by atoms with Crippen molar-refractivity contribution in [3.63, 3.8) is 0 Å². The first-order valence-electron chi connectivity index (χ1n) is 6.34. The van der Waals surface area contributed by atoms with Gasteiger partial charge in [-0.2, -0.15) is 11.8 Å². The highest BCUT2D eigenvalue weighted by molar-refractivity contribution is 7.98. The number of rotatable bonds is 6. The molecule has 1 N–H and O–H groups in total. The Kier molecular flexibility index (Phi) is 5.22. The largest absolute Gasteiger partial charge is 0.493 e. The number of hydrogen-bond acceptors (Lipinski definition) is 3. The number of ether oxygens (including phenoxy) is 1. The van der Waals surface area contributed by atoms with Gasteiger partial charge in [-0.25, -0.2) is 0 Å². The van der Waals surface area contributed by atoms with Gasteiger partial charge in [0, 0.05) is 23.6 Å². The molecule has 0 aliphatic carbocycles. The van der Waals surface area contributed by atoms with Gasteiger partial charge in [0.05, 0.1) is 6.61 Å². The molecule has 0 saturated heterocycles. The standard InChI is InChI=1S/C14H20ClNOS/c1-10(9-18-2)7-16-8-12-6-13(15)5-11-3-4-17-14(11)12/h5-6,10,16H,3-4,7-9H2,1-2H3. The van der Waals surface area contributed by atoms with Gasteiger partial charge in [-0.05, 0) is 42.2 Å². The number of halogens is 1. The van der Waals surface area contributed by atoms with E-state index in [0.29, 0.717) is 5.92 Å². The van der Waals surface area contributed by atoms with E-state index in [1.54, 1.807) is 0 Å². The van der Waals surface area contributed by atoms with E-state index in [2.05, 4.69) is 18.5 Å². The van der Waals surface area contributed by atoms with Gasteiger partial charge in [-0.3, -0.25) is 0 Å². The molecule has 2 rings (SSSR count). The summed E-state index contributed by atoms with van der Waals surface area (Å²) in [6.45, 7) is 4.91. The van der Waals surface area contributed by atoms with Crippen molar-refractivity contribution in [1.29, 1.82) is 0 Å². The number of fused-ring (bicyclic) bond motifs is 1. The highest BCUT2D eigenvalue weighted by atomic mass is 35.5. The summed E-state index contributed by atoms with van der Waals surface area (Å²) in [6, 6.07) is 4.03. The molecule has 1 atom stereocenters. The second kappa shape index (κ2) is 6.69. The molecular formula is C14H20ClNOS. The molecule has 1 aliphatic heterocycles. The molecular weight excluding hydrogens is 266 g/mol. The molecule has 1 heterocycles. The van der Waals surface area contributed by atoms with E-state index in [4.69, 9.17) is 16.3 Å². The van der Waals surface area contributed by atoms with Gasteiger partial charge in [0.1, 0.15) is 5.75 Å². The van der Waals surface area contributed by atoms with Gasteiger partial charge in [0.2, 0.25) is 0 Å². The predicted molar refractivity (Wildman–Crippen MR) is 79.9 cm³/mol. The van der Waals surface area contributed by atoms with E-state index in [-0.39, 0.29) is 0 Å². The number of benzene rings is 1. The zero-order chi connectivity index (χ0) is 13.0. The Bertz CT molecular complexity index is 411. The van der Waals surface area contributed by atoms with Gasteiger partial charge in [-0.1, -0.05) is 18.5 Å². The second-order valence-electron chi connectivity index (χ2n) is 4.84. The molecule has 0 radical (unpaired) electrons. The molecule has 1 aliphatic rings. The molecule has 100 valence electrons. The van der Waals surface area contributed by atoms with E-state index in [1.807, 2.05) is 23.9 Å². The van der Waals surface area contributed by atoms with Crippen molar-refractivity contribution in [3.8, 4) is 5.75 Å². The molecule has 0 bridgehead atoms. The van der Waals surface area contributed by atoms with E-state index in [9.17, 15) is 0 Å². The lowest BCUT2D eigenvalue weighted by Gasteiger charge is -2.13. The average molecular weight is 286 g/mol. The van der Waals surface area contributed by atoms with Crippen LogP contribution in [-0.2, 0) is 13.0 Å². The number of hydrogen-bond donors (Lipinski definition) is 1. The molecule has 1 aromatic rings. The van der Waals surface area contributed by atoms with Crippen LogP contribution < -0.4 is 10.1 Å². The smallest absolute Gasteiger partial charge is 0.127 e. The molecule has 1 aromatic carbocycles. The lowest BCUT2D eigenvalue weighted by atomic mass is 10.1. The summed E-state index contributed by atoms with van der Waals surface area (Å²) < 4.78 is 5.69. The minimum atomic E-state index is 0.688. The van der Waals surface area contributed by atoms with Gasteiger partial charge in [0.25, 0.3) is 0 Å². The zero-order valence-electron chi connectivity index (χ0n) is 11.0. The van der Waals surface area contributed by atoms with E-state index >= 15 is 0 Å². The molecule has 4 heteroatoms. The molecule has 0 spiro atoms. The number of thioether (sulfide) groups is 1. The third kappa shape index (κ3) is 3.56. The fourth-order valence-corrected chi connectivity index (χ4v) is 3.22. The zero-order valence-corrected chi connectivity index (χ0v) is 12.5. The summed E-state index contributed by atoms with van der Waals surface area (Å²) >= 11 is 8.03. The fourth-order valence-electron chi connectivity index (χ4n) is 2.27. The molecule has 0 fully saturated rings. The Morgan fingerprint density at radius 1 is 1.50 bits per heavy atom. The van der Waals surface area contributed by atoms with Crippen LogP contribution in [0.3, 0.4) is 0 Å². The van der Waals surface area contributed by atoms with E-state index in [0.717, 1.165) is 36.9 Å². The molecule has 18 heavy (non-hydrogen) atoms. The van der Waals surface area contributed by atoms with Gasteiger partial charge in [0.15, 0.2) is 0 Å². The Morgan fingerprint density at radius 3 is 3.11 bits per heavy atom. The minimum Gasteiger partial charge on any atom is -0.493 e. The van der Waals surface area contributed by atoms with Crippen LogP contribution in [-0.4, -0.2) is 25.2 Å². The maximum atomic E-state index is 6.13. The summed E-state index contributed by atoms with van der Waals surface area (Å²) in [5.41, 5.74) is 2.43. The first kappa shape index (κ1) is 14.0. The average Bonchev–Trinajstić information content (AvgIpc) is 2.77. The first-order valence-corrected chi connectivity index (χ1v) is 8.11. The van der Waals surface area contributed by atoms with Crippen LogP contribution in [0.25, 0.3) is 0 Å². The molecule has 0 saturated carbocycles. The van der Waals surface area contributed by atoms with Gasteiger partial charge < -0.3 is 10.1 Å². The maximum Gasteiger partial charge on any atom is 0.127 e. The highest BCUT2D eigenvalue weighted by Gasteiger charge is 2.17. The van der Waals surface area contributed by atoms with Crippen molar-refractivity contribution in [2.75, 3.05) is 25.2 Å². The van der Waals surface area contributed by atoms with Crippen LogP contribution in [0, 0.1) is 5.92 Å². The van der Waals surface area contributed by atoms with Crippen LogP contribution in [0.2, 0.25) is 5.02 Å². The molecule has 0 aromatic heterocycles. The summed E-state index contributed by atoms with van der Waals surface area (Å²) in [6.07, 6.45) is 3.12. The Morgan fingerprint density at radius 2 is 2.33 bits per heavy atom. The first-order chi connectivity index (χ1) is 8.70. The Hall–Kier alpha value is -0.380. The van der Waals surface area contributed by atoms with E-state index < -0.39 is 0 Å². The summed E-state index contributed by atoms with van der Waals surface area (Å²) in [4.78, 5) is 0. The lowest BCUT2D eigenvalue weighted by molar-refractivity contribution is 0.352. The number of nitrogens with one attached hydrogen (secondary N) is 1. The SMILES string of the molecule is CSCC(C)CNCc1cc(Cl)cc2c1OCC2. The van der Waals surface area contributed by atoms with Crippen molar-refractivity contribution in [2.24, 2.45) is 5.92 Å². The summed E-state index contributed by atoms with van der Waals surface area (Å²) in [7, 11) is 0. The molecule has 0 amide bonds. The third-order valence-electron chi connectivity index (χ3n) is 3.08. The van der Waals surface area contributed by atoms with Crippen molar-refractivity contribution in [2.45, 2.75) is 19.9 Å². The van der Waals surface area contributed by atoms with Crippen LogP contribution in [0.15, 0.2) is 12.1 Å². The van der Waals surface area contributed by atoms with Crippen LogP contribution >= 0.6 is 23.4 Å². The quantitative estimate of drug-likeness (QED) is 0.866. The highest BCUT2D eigenvalue weighted by Crippen LogP contribution is 2.32. The summed E-state index contributed by atoms with van der Waals surface area (Å²) in [5, 5.41) is 4.30. The minimum absolute atomic E-state index is 0.688. The lowest BCUT2D eigenvalue weighted by Crippen LogP contribution is -2.22. The van der Waals surface area contributed by atoms with Crippen LogP contribution in [0.4, 0.5) is 0 Å². The summed E-state index contributed by atoms with van der Waals surface area (Å²) in [5.74, 6) is 2.93. The Labute approximate surface area is 118 Å². The third-order valence-corrected chi connectivity index (χ3v) is 4.21. The maximum absolute atomic E-state index is 6.13. The van der Waals surface area contributed by atoms with Crippen molar-refractivity contribution in [1.82, 2.24) is 5.32 Å². The van der Waals surface area contributed by atoms with Gasteiger partial charge >= 0.3 is 0 Å². The van der Waals surface area contributed by atoms with Gasteiger partial charge in [-0.15, -0.1) is 0 Å². The molecule has 1 unspecified atom stereocenters. The van der Waals surface area contributed by atoms with Crippen molar-refractivity contribution < 1.29 is 4.74 Å². The molecule has 2 nitrogen and oxygen atoms in total. The van der Waals surface area contributed by atoms with Crippen molar-refractivity contribution in [3.05, 3.63) is 28.3 Å². The normalized spacial score (nSPS) is 15.3. The Balaban J connectivity index is 1.93. The van der Waals surface area contributed by atoms with Crippen LogP contribution in [0.1, 0.15) is 18.1 Å². The second-order valence-corrected chi connectivity index (χ2v) is 6.19. The monoisotopic (exact) mass is 285 g/mol. The fraction of sp³-hybridized carbons (Fsp3) is 0.571. The van der Waals surface area contributed by atoms with Crippen molar-refractivity contribution >= 4 is 23.4 Å². The van der Waals surface area contributed by atoms with Crippen LogP contribution in [0.5, 0.6) is 5.75 Å². The predicted octanol–water partition coefficient (Wildman–Crippen LogP) is 3.36. The topological polar surface area (TPSA) is 21.3 Å².